The molecular weight excluding hydrogens is 402 g/mol. The van der Waals surface area contributed by atoms with Gasteiger partial charge in [0.05, 0.1) is 25.3 Å². The Hall–Kier alpha value is -3.75. The molecule has 0 aromatic heterocycles. The Morgan fingerprint density at radius 1 is 0.935 bits per heavy atom. The highest BCUT2D eigenvalue weighted by molar-refractivity contribution is 5.98. The number of hydrogen-bond donors (Lipinski definition) is 2. The monoisotopic (exact) mass is 427 g/mol. The van der Waals surface area contributed by atoms with Gasteiger partial charge in [0.1, 0.15) is 11.5 Å². The van der Waals surface area contributed by atoms with Gasteiger partial charge < -0.3 is 29.7 Å². The van der Waals surface area contributed by atoms with E-state index in [0.29, 0.717) is 48.9 Å². The van der Waals surface area contributed by atoms with Gasteiger partial charge in [-0.15, -0.1) is 0 Å². The number of urea groups is 1. The van der Waals surface area contributed by atoms with Crippen molar-refractivity contribution in [2.75, 3.05) is 45.7 Å². The van der Waals surface area contributed by atoms with Crippen LogP contribution >= 0.6 is 0 Å². The number of carbonyl (C=O) groups excluding carboxylic acids is 2. The standard InChI is InChI=1S/C22H25N3O6/c1-14-4-5-15(21(27)28)12-18(14)23-22(29)25-10-8-24(9-11-25)20(26)17-7-6-16(30-2)13-19(17)31-3/h4-7,12-13H,8-11H2,1-3H3,(H,23,29)(H,27,28). The molecule has 1 aliphatic heterocycles. The average molecular weight is 427 g/mol. The summed E-state index contributed by atoms with van der Waals surface area (Å²) in [5, 5.41) is 11.9. The molecule has 1 aliphatic rings. The third-order valence-electron chi connectivity index (χ3n) is 5.22. The van der Waals surface area contributed by atoms with Crippen molar-refractivity contribution in [2.24, 2.45) is 0 Å². The minimum atomic E-state index is -1.06. The SMILES string of the molecule is COc1ccc(C(=O)N2CCN(C(=O)Nc3cc(C(=O)O)ccc3C)CC2)c(OC)c1. The number of anilines is 1. The number of methoxy groups -OCH3 is 2. The molecule has 1 heterocycles. The maximum absolute atomic E-state index is 12.9. The largest absolute Gasteiger partial charge is 0.497 e. The van der Waals surface area contributed by atoms with Gasteiger partial charge in [-0.25, -0.2) is 9.59 Å². The highest BCUT2D eigenvalue weighted by Gasteiger charge is 2.27. The molecule has 2 N–H and O–H groups in total. The summed E-state index contributed by atoms with van der Waals surface area (Å²) in [7, 11) is 3.04. The van der Waals surface area contributed by atoms with Crippen molar-refractivity contribution in [3.8, 4) is 11.5 Å². The summed E-state index contributed by atoms with van der Waals surface area (Å²) in [5.74, 6) is -0.211. The smallest absolute Gasteiger partial charge is 0.335 e. The highest BCUT2D eigenvalue weighted by atomic mass is 16.5. The van der Waals surface area contributed by atoms with Crippen molar-refractivity contribution in [2.45, 2.75) is 6.92 Å². The normalized spacial score (nSPS) is 13.5. The van der Waals surface area contributed by atoms with Gasteiger partial charge in [0, 0.05) is 37.9 Å². The number of aromatic carboxylic acids is 1. The number of piperazine rings is 1. The number of benzene rings is 2. The summed E-state index contributed by atoms with van der Waals surface area (Å²) >= 11 is 0. The number of carboxylic acid groups (broad SMARTS) is 1. The van der Waals surface area contributed by atoms with Crippen molar-refractivity contribution in [1.29, 1.82) is 0 Å². The molecule has 9 heteroatoms. The molecule has 2 aromatic rings. The molecule has 0 aliphatic carbocycles. The van der Waals surface area contributed by atoms with Gasteiger partial charge in [-0.3, -0.25) is 4.79 Å². The second kappa shape index (κ2) is 9.38. The van der Waals surface area contributed by atoms with Crippen LogP contribution in [0.1, 0.15) is 26.3 Å². The molecule has 2 aromatic carbocycles. The zero-order valence-corrected chi connectivity index (χ0v) is 17.7. The van der Waals surface area contributed by atoms with Crippen LogP contribution in [0.15, 0.2) is 36.4 Å². The lowest BCUT2D eigenvalue weighted by molar-refractivity contribution is 0.0667. The van der Waals surface area contributed by atoms with E-state index >= 15 is 0 Å². The van der Waals surface area contributed by atoms with Gasteiger partial charge >= 0.3 is 12.0 Å². The van der Waals surface area contributed by atoms with Crippen LogP contribution in [0.3, 0.4) is 0 Å². The number of carbonyl (C=O) groups is 3. The Balaban J connectivity index is 1.63. The molecule has 0 unspecified atom stereocenters. The summed E-state index contributed by atoms with van der Waals surface area (Å²) in [5.41, 5.74) is 1.75. The first-order valence-electron chi connectivity index (χ1n) is 9.75. The molecule has 1 saturated heterocycles. The van der Waals surface area contributed by atoms with Crippen molar-refractivity contribution in [1.82, 2.24) is 9.80 Å². The Morgan fingerprint density at radius 3 is 2.23 bits per heavy atom. The Kier molecular flexibility index (Phi) is 6.64. The summed E-state index contributed by atoms with van der Waals surface area (Å²) in [6.07, 6.45) is 0. The summed E-state index contributed by atoms with van der Waals surface area (Å²) in [4.78, 5) is 40.0. The van der Waals surface area contributed by atoms with Crippen LogP contribution in [0.4, 0.5) is 10.5 Å². The molecule has 0 saturated carbocycles. The number of ether oxygens (including phenoxy) is 2. The van der Waals surface area contributed by atoms with Gasteiger partial charge in [-0.05, 0) is 36.8 Å². The molecule has 0 bridgehead atoms. The first-order valence-corrected chi connectivity index (χ1v) is 9.75. The van der Waals surface area contributed by atoms with E-state index in [1.807, 2.05) is 0 Å². The number of carboxylic acids is 1. The molecule has 31 heavy (non-hydrogen) atoms. The Labute approximate surface area is 180 Å². The first kappa shape index (κ1) is 21.9. The Bertz CT molecular complexity index is 999. The third-order valence-corrected chi connectivity index (χ3v) is 5.22. The van der Waals surface area contributed by atoms with Crippen molar-refractivity contribution in [3.05, 3.63) is 53.1 Å². The number of nitrogens with zero attached hydrogens (tertiary/aromatic N) is 2. The summed E-state index contributed by atoms with van der Waals surface area (Å²) < 4.78 is 10.5. The fourth-order valence-corrected chi connectivity index (χ4v) is 3.34. The topological polar surface area (TPSA) is 108 Å². The molecule has 1 fully saturated rings. The van der Waals surface area contributed by atoms with Crippen molar-refractivity contribution >= 4 is 23.6 Å². The molecule has 164 valence electrons. The maximum atomic E-state index is 12.9. The van der Waals surface area contributed by atoms with E-state index in [-0.39, 0.29) is 17.5 Å². The molecule has 0 radical (unpaired) electrons. The first-order chi connectivity index (χ1) is 14.8. The quantitative estimate of drug-likeness (QED) is 0.760. The lowest BCUT2D eigenvalue weighted by Gasteiger charge is -2.35. The van der Waals surface area contributed by atoms with Crippen LogP contribution in [-0.2, 0) is 0 Å². The second-order valence-corrected chi connectivity index (χ2v) is 7.11. The molecule has 3 rings (SSSR count). The molecular formula is C22H25N3O6. The van der Waals surface area contributed by atoms with E-state index in [1.54, 1.807) is 48.1 Å². The zero-order chi connectivity index (χ0) is 22.5. The predicted octanol–water partition coefficient (Wildman–Crippen LogP) is 2.70. The predicted molar refractivity (Wildman–Crippen MR) is 114 cm³/mol. The number of aryl methyl sites for hydroxylation is 1. The van der Waals surface area contributed by atoms with Gasteiger partial charge in [-0.2, -0.15) is 0 Å². The highest BCUT2D eigenvalue weighted by Crippen LogP contribution is 2.26. The number of hydrogen-bond acceptors (Lipinski definition) is 5. The van der Waals surface area contributed by atoms with Crippen LogP contribution in [0.25, 0.3) is 0 Å². The molecule has 0 spiro atoms. The van der Waals surface area contributed by atoms with Crippen LogP contribution in [0.5, 0.6) is 11.5 Å². The Morgan fingerprint density at radius 2 is 1.61 bits per heavy atom. The van der Waals surface area contributed by atoms with Crippen LogP contribution in [0.2, 0.25) is 0 Å². The van der Waals surface area contributed by atoms with Gasteiger partial charge in [0.25, 0.3) is 5.91 Å². The summed E-state index contributed by atoms with van der Waals surface area (Å²) in [6, 6.07) is 9.27. The second-order valence-electron chi connectivity index (χ2n) is 7.11. The van der Waals surface area contributed by atoms with E-state index in [1.165, 1.54) is 19.2 Å². The summed E-state index contributed by atoms with van der Waals surface area (Å²) in [6.45, 7) is 3.24. The lowest BCUT2D eigenvalue weighted by Crippen LogP contribution is -2.51. The van der Waals surface area contributed by atoms with Crippen molar-refractivity contribution < 1.29 is 29.0 Å². The third kappa shape index (κ3) is 4.88. The van der Waals surface area contributed by atoms with Gasteiger partial charge in [-0.1, -0.05) is 6.07 Å². The van der Waals surface area contributed by atoms with Crippen LogP contribution in [0, 0.1) is 6.92 Å². The maximum Gasteiger partial charge on any atom is 0.335 e. The van der Waals surface area contributed by atoms with Gasteiger partial charge in [0.15, 0.2) is 0 Å². The number of nitrogens with one attached hydrogen (secondary N) is 1. The van der Waals surface area contributed by atoms with Crippen LogP contribution < -0.4 is 14.8 Å². The van der Waals surface area contributed by atoms with E-state index in [4.69, 9.17) is 14.6 Å². The zero-order valence-electron chi connectivity index (χ0n) is 17.7. The fraction of sp³-hybridized carbons (Fsp3) is 0.318. The molecule has 9 nitrogen and oxygen atoms in total. The van der Waals surface area contributed by atoms with E-state index in [0.717, 1.165) is 5.56 Å². The number of amides is 3. The van der Waals surface area contributed by atoms with Crippen molar-refractivity contribution in [3.63, 3.8) is 0 Å². The fourth-order valence-electron chi connectivity index (χ4n) is 3.34. The average Bonchev–Trinajstić information content (AvgIpc) is 2.79. The number of rotatable bonds is 5. The van der Waals surface area contributed by atoms with E-state index in [9.17, 15) is 14.4 Å². The van der Waals surface area contributed by atoms with Gasteiger partial charge in [0.2, 0.25) is 0 Å². The molecule has 0 atom stereocenters. The lowest BCUT2D eigenvalue weighted by atomic mass is 10.1. The molecule has 3 amide bonds. The minimum Gasteiger partial charge on any atom is -0.497 e. The van der Waals surface area contributed by atoms with E-state index in [2.05, 4.69) is 5.32 Å². The van der Waals surface area contributed by atoms with E-state index < -0.39 is 5.97 Å². The minimum absolute atomic E-state index is 0.102. The van der Waals surface area contributed by atoms with Crippen LogP contribution in [-0.4, -0.2) is 73.2 Å².